The van der Waals surface area contributed by atoms with E-state index >= 15 is 0 Å². The third-order valence-electron chi connectivity index (χ3n) is 6.01. The number of para-hydroxylation sites is 1. The highest BCUT2D eigenvalue weighted by atomic mass is 16.6. The van der Waals surface area contributed by atoms with Gasteiger partial charge in [0.2, 0.25) is 5.91 Å². The first-order valence-electron chi connectivity index (χ1n) is 13.2. The smallest absolute Gasteiger partial charge is 0.419 e. The Morgan fingerprint density at radius 1 is 0.925 bits per heavy atom. The quantitative estimate of drug-likeness (QED) is 0.276. The molecule has 2 N–H and O–H groups in total. The van der Waals surface area contributed by atoms with E-state index in [9.17, 15) is 19.2 Å². The van der Waals surface area contributed by atoms with Crippen LogP contribution in [-0.2, 0) is 36.8 Å². The molecule has 0 bridgehead atoms. The van der Waals surface area contributed by atoms with Crippen molar-refractivity contribution in [3.05, 3.63) is 71.9 Å². The van der Waals surface area contributed by atoms with E-state index in [-0.39, 0.29) is 13.0 Å². The molecule has 0 fully saturated rings. The topological polar surface area (TPSA) is 125 Å². The maximum absolute atomic E-state index is 13.4. The maximum Gasteiger partial charge on any atom is 0.419 e. The Morgan fingerprint density at radius 2 is 1.60 bits per heavy atom. The summed E-state index contributed by atoms with van der Waals surface area (Å²) in [5.41, 5.74) is 1.29. The molecule has 0 aliphatic carbocycles. The second-order valence-corrected chi connectivity index (χ2v) is 10.4. The Bertz CT molecular complexity index is 1330. The fourth-order valence-corrected chi connectivity index (χ4v) is 4.16. The van der Waals surface area contributed by atoms with Crippen molar-refractivity contribution in [3.8, 4) is 0 Å². The Balaban J connectivity index is 1.89. The molecular formula is C30H37N3O7. The molecule has 10 nitrogen and oxygen atoms in total. The normalized spacial score (nSPS) is 12.7. The number of fused-ring (bicyclic) bond motifs is 1. The predicted molar refractivity (Wildman–Crippen MR) is 150 cm³/mol. The van der Waals surface area contributed by atoms with Crippen LogP contribution in [0.4, 0.5) is 9.59 Å². The molecule has 2 aromatic carbocycles. The fraction of sp³-hybridized carbons (Fsp3) is 0.400. The number of carbonyl (C=O) groups is 4. The summed E-state index contributed by atoms with van der Waals surface area (Å²) in [6.45, 7) is 7.22. The van der Waals surface area contributed by atoms with Crippen LogP contribution in [0.1, 0.15) is 51.7 Å². The maximum atomic E-state index is 13.4. The van der Waals surface area contributed by atoms with E-state index in [0.717, 1.165) is 5.56 Å². The number of benzene rings is 2. The van der Waals surface area contributed by atoms with Gasteiger partial charge < -0.3 is 24.8 Å². The van der Waals surface area contributed by atoms with Crippen LogP contribution < -0.4 is 10.6 Å². The zero-order valence-corrected chi connectivity index (χ0v) is 23.6. The second-order valence-electron chi connectivity index (χ2n) is 10.4. The number of carbonyl (C=O) groups excluding carboxylic acids is 4. The monoisotopic (exact) mass is 551 g/mol. The third kappa shape index (κ3) is 8.33. The highest BCUT2D eigenvalue weighted by Crippen LogP contribution is 2.24. The predicted octanol–water partition coefficient (Wildman–Crippen LogP) is 4.72. The summed E-state index contributed by atoms with van der Waals surface area (Å²) in [4.78, 5) is 51.4. The number of hydrogen-bond donors (Lipinski definition) is 2. The van der Waals surface area contributed by atoms with Crippen molar-refractivity contribution in [1.82, 2.24) is 15.2 Å². The number of ether oxygens (including phenoxy) is 3. The van der Waals surface area contributed by atoms with Crippen molar-refractivity contribution < 1.29 is 33.4 Å². The summed E-state index contributed by atoms with van der Waals surface area (Å²) in [6, 6.07) is 14.3. The van der Waals surface area contributed by atoms with Crippen LogP contribution in [0, 0.1) is 0 Å². The van der Waals surface area contributed by atoms with Crippen molar-refractivity contribution in [1.29, 1.82) is 0 Å². The van der Waals surface area contributed by atoms with Crippen molar-refractivity contribution in [2.24, 2.45) is 0 Å². The zero-order valence-electron chi connectivity index (χ0n) is 23.6. The summed E-state index contributed by atoms with van der Waals surface area (Å²) in [6.07, 6.45) is 1.23. The van der Waals surface area contributed by atoms with Gasteiger partial charge in [0.05, 0.1) is 12.6 Å². The van der Waals surface area contributed by atoms with E-state index in [1.165, 1.54) is 11.7 Å². The lowest BCUT2D eigenvalue weighted by Crippen LogP contribution is -2.52. The second kappa shape index (κ2) is 13.6. The minimum Gasteiger partial charge on any atom is -0.467 e. The van der Waals surface area contributed by atoms with E-state index in [1.54, 1.807) is 39.1 Å². The number of aromatic nitrogens is 1. The molecule has 0 aliphatic heterocycles. The van der Waals surface area contributed by atoms with E-state index in [1.807, 2.05) is 49.4 Å². The van der Waals surface area contributed by atoms with Gasteiger partial charge in [0, 0.05) is 18.0 Å². The molecule has 40 heavy (non-hydrogen) atoms. The van der Waals surface area contributed by atoms with Gasteiger partial charge in [0.15, 0.2) is 0 Å². The van der Waals surface area contributed by atoms with Gasteiger partial charge in [-0.05, 0) is 44.4 Å². The molecule has 0 unspecified atom stereocenters. The van der Waals surface area contributed by atoms with Crippen LogP contribution in [0.5, 0.6) is 0 Å². The number of amides is 2. The standard InChI is InChI=1S/C30H37N3O7/c1-6-12-23(27(35)38-5)31-26(34)24(32-28(36)39-19-20-13-8-7-9-14-20)17-21-18-33(29(37)40-30(2,3)4)25-16-11-10-15-22(21)25/h7-11,13-16,18,23-24H,6,12,17,19H2,1-5H3,(H,31,34)(H,32,36)/t23-,24-/m0/s1. The van der Waals surface area contributed by atoms with Gasteiger partial charge in [0.25, 0.3) is 0 Å². The lowest BCUT2D eigenvalue weighted by molar-refractivity contribution is -0.145. The molecule has 1 heterocycles. The third-order valence-corrected chi connectivity index (χ3v) is 6.01. The number of hydrogen-bond acceptors (Lipinski definition) is 7. The lowest BCUT2D eigenvalue weighted by Gasteiger charge is -2.22. The van der Waals surface area contributed by atoms with Crippen molar-refractivity contribution in [3.63, 3.8) is 0 Å². The van der Waals surface area contributed by atoms with Crippen LogP contribution >= 0.6 is 0 Å². The molecule has 10 heteroatoms. The fourth-order valence-electron chi connectivity index (χ4n) is 4.16. The van der Waals surface area contributed by atoms with Crippen molar-refractivity contribution >= 4 is 35.0 Å². The number of nitrogens with zero attached hydrogens (tertiary/aromatic N) is 1. The summed E-state index contributed by atoms with van der Waals surface area (Å²) in [5.74, 6) is -1.17. The molecule has 2 atom stereocenters. The lowest BCUT2D eigenvalue weighted by atomic mass is 10.0. The summed E-state index contributed by atoms with van der Waals surface area (Å²) in [7, 11) is 1.25. The first kappa shape index (κ1) is 30.2. The van der Waals surface area contributed by atoms with Gasteiger partial charge in [-0.25, -0.2) is 14.4 Å². The van der Waals surface area contributed by atoms with Crippen LogP contribution in [0.2, 0.25) is 0 Å². The number of methoxy groups -OCH3 is 1. The Labute approximate surface area is 234 Å². The molecule has 1 aromatic heterocycles. The zero-order chi connectivity index (χ0) is 29.3. The van der Waals surface area contributed by atoms with Crippen molar-refractivity contribution in [2.45, 2.75) is 71.2 Å². The van der Waals surface area contributed by atoms with Gasteiger partial charge in [-0.1, -0.05) is 61.9 Å². The number of nitrogens with one attached hydrogen (secondary N) is 2. The van der Waals surface area contributed by atoms with Crippen LogP contribution in [-0.4, -0.2) is 53.4 Å². The highest BCUT2D eigenvalue weighted by molar-refractivity contribution is 5.94. The van der Waals surface area contributed by atoms with Gasteiger partial charge in [-0.15, -0.1) is 0 Å². The van der Waals surface area contributed by atoms with E-state index in [2.05, 4.69) is 10.6 Å². The minimum absolute atomic E-state index is 0.0135. The molecule has 2 amide bonds. The first-order valence-corrected chi connectivity index (χ1v) is 13.2. The number of esters is 1. The average molecular weight is 552 g/mol. The van der Waals surface area contributed by atoms with Gasteiger partial charge in [-0.3, -0.25) is 9.36 Å². The molecule has 0 aliphatic rings. The highest BCUT2D eigenvalue weighted by Gasteiger charge is 2.29. The van der Waals surface area contributed by atoms with Crippen LogP contribution in [0.15, 0.2) is 60.8 Å². The van der Waals surface area contributed by atoms with Crippen molar-refractivity contribution in [2.75, 3.05) is 7.11 Å². The molecule has 3 aromatic rings. The molecule has 214 valence electrons. The average Bonchev–Trinajstić information content (AvgIpc) is 3.29. The first-order chi connectivity index (χ1) is 19.0. The summed E-state index contributed by atoms with van der Waals surface area (Å²) in [5, 5.41) is 6.04. The van der Waals surface area contributed by atoms with Gasteiger partial charge in [-0.2, -0.15) is 0 Å². The molecule has 0 radical (unpaired) electrons. The van der Waals surface area contributed by atoms with E-state index in [4.69, 9.17) is 14.2 Å². The molecule has 3 rings (SSSR count). The minimum atomic E-state index is -1.12. The Morgan fingerprint density at radius 3 is 2.25 bits per heavy atom. The summed E-state index contributed by atoms with van der Waals surface area (Å²) < 4.78 is 17.1. The van der Waals surface area contributed by atoms with Crippen LogP contribution in [0.25, 0.3) is 10.9 Å². The van der Waals surface area contributed by atoms with Crippen LogP contribution in [0.3, 0.4) is 0 Å². The Kier molecular flexibility index (Phi) is 10.3. The largest absolute Gasteiger partial charge is 0.467 e. The summed E-state index contributed by atoms with van der Waals surface area (Å²) >= 11 is 0. The van der Waals surface area contributed by atoms with Gasteiger partial charge >= 0.3 is 18.2 Å². The van der Waals surface area contributed by atoms with E-state index < -0.39 is 41.7 Å². The van der Waals surface area contributed by atoms with Gasteiger partial charge in [0.1, 0.15) is 24.3 Å². The number of alkyl carbamates (subject to hydrolysis) is 1. The number of rotatable bonds is 10. The molecule has 0 saturated carbocycles. The molecule has 0 spiro atoms. The SMILES string of the molecule is CCC[C@H](NC(=O)[C@H](Cc1cn(C(=O)OC(C)(C)C)c2ccccc12)NC(=O)OCc1ccccc1)C(=O)OC. The Hall–Kier alpha value is -4.34. The molecular weight excluding hydrogens is 514 g/mol. The van der Waals surface area contributed by atoms with E-state index in [0.29, 0.717) is 29.3 Å². The molecule has 0 saturated heterocycles.